The van der Waals surface area contributed by atoms with Crippen molar-refractivity contribution in [3.8, 4) is 0 Å². The number of piperidine rings is 1. The van der Waals surface area contributed by atoms with E-state index in [1.54, 1.807) is 4.90 Å². The highest BCUT2D eigenvalue weighted by Crippen LogP contribution is 2.30. The molecule has 20 heavy (non-hydrogen) atoms. The SMILES string of the molecule is CC1CCCC1CNC(=O)N1CCC(C(=O)O)CC1C. The Bertz CT molecular complexity index is 372. The Hall–Kier alpha value is -1.26. The normalized spacial score (nSPS) is 34.0. The van der Waals surface area contributed by atoms with Crippen LogP contribution >= 0.6 is 0 Å². The molecule has 0 spiro atoms. The van der Waals surface area contributed by atoms with E-state index in [4.69, 9.17) is 5.11 Å². The van der Waals surface area contributed by atoms with Crippen LogP contribution in [0.2, 0.25) is 0 Å². The largest absolute Gasteiger partial charge is 0.481 e. The maximum absolute atomic E-state index is 12.2. The van der Waals surface area contributed by atoms with Gasteiger partial charge >= 0.3 is 12.0 Å². The van der Waals surface area contributed by atoms with E-state index in [1.165, 1.54) is 19.3 Å². The molecule has 2 fully saturated rings. The summed E-state index contributed by atoms with van der Waals surface area (Å²) in [5, 5.41) is 12.1. The van der Waals surface area contributed by atoms with Crippen molar-refractivity contribution >= 4 is 12.0 Å². The molecule has 4 unspecified atom stereocenters. The molecular weight excluding hydrogens is 256 g/mol. The summed E-state index contributed by atoms with van der Waals surface area (Å²) in [6.45, 7) is 5.49. The average Bonchev–Trinajstić information content (AvgIpc) is 2.81. The zero-order chi connectivity index (χ0) is 14.7. The molecule has 2 amide bonds. The predicted octanol–water partition coefficient (Wildman–Crippen LogP) is 2.32. The third-order valence-corrected chi connectivity index (χ3v) is 5.04. The van der Waals surface area contributed by atoms with Crippen molar-refractivity contribution in [3.63, 3.8) is 0 Å². The molecule has 5 heteroatoms. The number of carboxylic acid groups (broad SMARTS) is 1. The first-order chi connectivity index (χ1) is 9.49. The molecule has 114 valence electrons. The van der Waals surface area contributed by atoms with E-state index in [9.17, 15) is 9.59 Å². The topological polar surface area (TPSA) is 69.6 Å². The van der Waals surface area contributed by atoms with Gasteiger partial charge in [0.05, 0.1) is 5.92 Å². The lowest BCUT2D eigenvalue weighted by atomic mass is 9.92. The fourth-order valence-electron chi connectivity index (χ4n) is 3.54. The molecule has 2 N–H and O–H groups in total. The van der Waals surface area contributed by atoms with Crippen LogP contribution in [0.1, 0.15) is 46.0 Å². The van der Waals surface area contributed by atoms with Crippen LogP contribution in [0.25, 0.3) is 0 Å². The number of carboxylic acids is 1. The first-order valence-electron chi connectivity index (χ1n) is 7.76. The predicted molar refractivity (Wildman–Crippen MR) is 76.4 cm³/mol. The molecule has 1 saturated carbocycles. The summed E-state index contributed by atoms with van der Waals surface area (Å²) in [6.07, 6.45) is 4.86. The van der Waals surface area contributed by atoms with Gasteiger partial charge in [-0.25, -0.2) is 4.79 Å². The number of carbonyl (C=O) groups excluding carboxylic acids is 1. The lowest BCUT2D eigenvalue weighted by molar-refractivity contribution is -0.143. The van der Waals surface area contributed by atoms with Crippen molar-refractivity contribution in [2.24, 2.45) is 17.8 Å². The molecule has 1 aliphatic heterocycles. The van der Waals surface area contributed by atoms with E-state index < -0.39 is 5.97 Å². The molecule has 5 nitrogen and oxygen atoms in total. The van der Waals surface area contributed by atoms with Gasteiger partial charge in [-0.05, 0) is 38.0 Å². The number of nitrogens with zero attached hydrogens (tertiary/aromatic N) is 1. The molecule has 0 aromatic carbocycles. The number of amides is 2. The summed E-state index contributed by atoms with van der Waals surface area (Å²) in [7, 11) is 0. The third-order valence-electron chi connectivity index (χ3n) is 5.04. The molecule has 1 heterocycles. The number of rotatable bonds is 3. The van der Waals surface area contributed by atoms with Gasteiger partial charge in [-0.3, -0.25) is 4.79 Å². The minimum atomic E-state index is -0.739. The minimum absolute atomic E-state index is 0.00542. The summed E-state index contributed by atoms with van der Waals surface area (Å²) in [4.78, 5) is 25.0. The molecule has 1 saturated heterocycles. The van der Waals surface area contributed by atoms with Gasteiger partial charge in [0.25, 0.3) is 0 Å². The van der Waals surface area contributed by atoms with Gasteiger partial charge in [0.15, 0.2) is 0 Å². The summed E-state index contributed by atoms with van der Waals surface area (Å²) in [5.74, 6) is 0.261. The standard InChI is InChI=1S/C15H26N2O3/c1-10-4-3-5-13(10)9-16-15(20)17-7-6-12(14(18)19)8-11(17)2/h10-13H,3-9H2,1-2H3,(H,16,20)(H,18,19). The zero-order valence-electron chi connectivity index (χ0n) is 12.5. The van der Waals surface area contributed by atoms with E-state index in [-0.39, 0.29) is 18.0 Å². The number of hydrogen-bond donors (Lipinski definition) is 2. The Morgan fingerprint density at radius 3 is 2.55 bits per heavy atom. The van der Waals surface area contributed by atoms with Gasteiger partial charge in [0, 0.05) is 19.1 Å². The Morgan fingerprint density at radius 2 is 2.00 bits per heavy atom. The molecular formula is C15H26N2O3. The number of aliphatic carboxylic acids is 1. The second kappa shape index (κ2) is 6.46. The first-order valence-corrected chi connectivity index (χ1v) is 7.76. The third kappa shape index (κ3) is 3.44. The molecule has 2 aliphatic rings. The fourth-order valence-corrected chi connectivity index (χ4v) is 3.54. The summed E-state index contributed by atoms with van der Waals surface area (Å²) >= 11 is 0. The highest BCUT2D eigenvalue weighted by molar-refractivity contribution is 5.75. The molecule has 4 atom stereocenters. The van der Waals surface area contributed by atoms with Crippen molar-refractivity contribution in [1.29, 1.82) is 0 Å². The van der Waals surface area contributed by atoms with E-state index in [2.05, 4.69) is 12.2 Å². The summed E-state index contributed by atoms with van der Waals surface area (Å²) in [6, 6.07) is -0.0220. The Kier molecular flexibility index (Phi) is 4.89. The zero-order valence-corrected chi connectivity index (χ0v) is 12.5. The fraction of sp³-hybridized carbons (Fsp3) is 0.867. The van der Waals surface area contributed by atoms with Gasteiger partial charge in [0.2, 0.25) is 0 Å². The van der Waals surface area contributed by atoms with E-state index in [0.717, 1.165) is 6.54 Å². The quantitative estimate of drug-likeness (QED) is 0.834. The highest BCUT2D eigenvalue weighted by Gasteiger charge is 2.32. The van der Waals surface area contributed by atoms with Crippen LogP contribution < -0.4 is 5.32 Å². The first kappa shape index (κ1) is 15.1. The van der Waals surface area contributed by atoms with Gasteiger partial charge in [-0.1, -0.05) is 19.8 Å². The van der Waals surface area contributed by atoms with Gasteiger partial charge in [-0.15, -0.1) is 0 Å². The van der Waals surface area contributed by atoms with Crippen LogP contribution in [-0.4, -0.2) is 41.1 Å². The number of nitrogens with one attached hydrogen (secondary N) is 1. The van der Waals surface area contributed by atoms with Crippen molar-refractivity contribution in [2.45, 2.75) is 52.0 Å². The smallest absolute Gasteiger partial charge is 0.317 e. The number of likely N-dealkylation sites (tertiary alicyclic amines) is 1. The molecule has 2 rings (SSSR count). The molecule has 0 aromatic rings. The van der Waals surface area contributed by atoms with Crippen molar-refractivity contribution < 1.29 is 14.7 Å². The van der Waals surface area contributed by atoms with E-state index in [0.29, 0.717) is 31.2 Å². The molecule has 1 aliphatic carbocycles. The van der Waals surface area contributed by atoms with Gasteiger partial charge in [-0.2, -0.15) is 0 Å². The second-order valence-electron chi connectivity index (χ2n) is 6.46. The van der Waals surface area contributed by atoms with Gasteiger partial charge in [0.1, 0.15) is 0 Å². The van der Waals surface area contributed by atoms with Crippen LogP contribution in [0.4, 0.5) is 4.79 Å². The second-order valence-corrected chi connectivity index (χ2v) is 6.46. The monoisotopic (exact) mass is 282 g/mol. The molecule has 0 radical (unpaired) electrons. The molecule has 0 bridgehead atoms. The Labute approximate surface area is 120 Å². The highest BCUT2D eigenvalue weighted by atomic mass is 16.4. The van der Waals surface area contributed by atoms with E-state index >= 15 is 0 Å². The Morgan fingerprint density at radius 1 is 1.25 bits per heavy atom. The van der Waals surface area contributed by atoms with Crippen LogP contribution in [-0.2, 0) is 4.79 Å². The minimum Gasteiger partial charge on any atom is -0.481 e. The number of urea groups is 1. The lowest BCUT2D eigenvalue weighted by Crippen LogP contribution is -2.51. The maximum atomic E-state index is 12.2. The van der Waals surface area contributed by atoms with Crippen LogP contribution in [0.15, 0.2) is 0 Å². The van der Waals surface area contributed by atoms with E-state index in [1.807, 2.05) is 6.92 Å². The van der Waals surface area contributed by atoms with Crippen LogP contribution in [0.5, 0.6) is 0 Å². The van der Waals surface area contributed by atoms with Crippen LogP contribution in [0.3, 0.4) is 0 Å². The molecule has 0 aromatic heterocycles. The van der Waals surface area contributed by atoms with Crippen molar-refractivity contribution in [3.05, 3.63) is 0 Å². The number of carbonyl (C=O) groups is 2. The van der Waals surface area contributed by atoms with Gasteiger partial charge < -0.3 is 15.3 Å². The Balaban J connectivity index is 1.79. The van der Waals surface area contributed by atoms with Crippen LogP contribution in [0, 0.1) is 17.8 Å². The summed E-state index contributed by atoms with van der Waals surface area (Å²) < 4.78 is 0. The average molecular weight is 282 g/mol. The van der Waals surface area contributed by atoms with Crippen molar-refractivity contribution in [1.82, 2.24) is 10.2 Å². The number of hydrogen-bond acceptors (Lipinski definition) is 2. The maximum Gasteiger partial charge on any atom is 0.317 e. The summed E-state index contributed by atoms with van der Waals surface area (Å²) in [5.41, 5.74) is 0. The lowest BCUT2D eigenvalue weighted by Gasteiger charge is -2.36. The van der Waals surface area contributed by atoms with Crippen molar-refractivity contribution in [2.75, 3.05) is 13.1 Å².